The summed E-state index contributed by atoms with van der Waals surface area (Å²) in [5.41, 5.74) is 12.6. The van der Waals surface area contributed by atoms with Crippen LogP contribution in [0.25, 0.3) is 48.7 Å². The van der Waals surface area contributed by atoms with E-state index in [2.05, 4.69) is 164 Å². The summed E-state index contributed by atoms with van der Waals surface area (Å²) in [5, 5.41) is 24.9. The van der Waals surface area contributed by atoms with Gasteiger partial charge in [0.25, 0.3) is 0 Å². The summed E-state index contributed by atoms with van der Waals surface area (Å²) >= 11 is 4.04. The van der Waals surface area contributed by atoms with Gasteiger partial charge in [-0.3, -0.25) is 0 Å². The van der Waals surface area contributed by atoms with E-state index in [1.165, 1.54) is 71.0 Å². The van der Waals surface area contributed by atoms with Gasteiger partial charge < -0.3 is 10.2 Å². The minimum absolute atomic E-state index is 0.177. The number of fused-ring (bicyclic) bond motifs is 2. The Kier molecular flexibility index (Phi) is 10.0. The van der Waals surface area contributed by atoms with Crippen molar-refractivity contribution in [1.29, 1.82) is 0 Å². The third kappa shape index (κ3) is 6.85. The van der Waals surface area contributed by atoms with E-state index < -0.39 is 0 Å². The van der Waals surface area contributed by atoms with Crippen LogP contribution in [-0.2, 0) is 12.8 Å². The van der Waals surface area contributed by atoms with Gasteiger partial charge in [-0.15, -0.1) is 23.5 Å². The van der Waals surface area contributed by atoms with E-state index in [0.717, 1.165) is 17.5 Å². The molecule has 2 aliphatic rings. The number of hydrogen-bond donors (Lipinski definition) is 2. The molecule has 3 atom stereocenters. The minimum Gasteiger partial charge on any atom is -0.396 e. The van der Waals surface area contributed by atoms with Crippen LogP contribution >= 0.6 is 23.5 Å². The van der Waals surface area contributed by atoms with Crippen molar-refractivity contribution in [2.75, 3.05) is 13.2 Å². The molecule has 7 aromatic rings. The zero-order valence-electron chi connectivity index (χ0n) is 30.1. The second-order valence-electron chi connectivity index (χ2n) is 14.2. The normalized spacial score (nSPS) is 18.1. The maximum Gasteiger partial charge on any atom is 0.0499 e. The van der Waals surface area contributed by atoms with Crippen molar-refractivity contribution < 1.29 is 10.2 Å². The van der Waals surface area contributed by atoms with Gasteiger partial charge in [0.2, 0.25) is 0 Å². The first-order chi connectivity index (χ1) is 26.7. The molecule has 0 fully saturated rings. The molecule has 0 spiro atoms. The Labute approximate surface area is 326 Å². The molecule has 2 aliphatic heterocycles. The fourth-order valence-electron chi connectivity index (χ4n) is 8.16. The number of thioether (sulfide) groups is 2. The lowest BCUT2D eigenvalue weighted by Gasteiger charge is -2.23. The van der Waals surface area contributed by atoms with E-state index in [0.29, 0.717) is 23.3 Å². The Hall–Kier alpha value is -4.84. The topological polar surface area (TPSA) is 40.5 Å². The van der Waals surface area contributed by atoms with Crippen molar-refractivity contribution in [3.8, 4) is 22.3 Å². The first-order valence-electron chi connectivity index (χ1n) is 18.9. The fourth-order valence-corrected chi connectivity index (χ4v) is 10.9. The van der Waals surface area contributed by atoms with E-state index in [9.17, 15) is 10.2 Å². The van der Waals surface area contributed by atoms with E-state index in [-0.39, 0.29) is 18.5 Å². The maximum atomic E-state index is 9.27. The number of allylic oxidation sites excluding steroid dienone is 1. The number of aliphatic hydroxyl groups excluding tert-OH is 2. The average Bonchev–Trinajstić information content (AvgIpc) is 3.92. The summed E-state index contributed by atoms with van der Waals surface area (Å²) in [6, 6.07) is 53.3. The highest BCUT2D eigenvalue weighted by atomic mass is 32.2. The van der Waals surface area contributed by atoms with Crippen LogP contribution in [0.3, 0.4) is 0 Å². The van der Waals surface area contributed by atoms with Crippen molar-refractivity contribution in [3.05, 3.63) is 197 Å². The van der Waals surface area contributed by atoms with Crippen LogP contribution in [0.2, 0.25) is 0 Å². The lowest BCUT2D eigenvalue weighted by Crippen LogP contribution is -2.00. The van der Waals surface area contributed by atoms with Gasteiger partial charge in [0.05, 0.1) is 0 Å². The van der Waals surface area contributed by atoms with Gasteiger partial charge >= 0.3 is 0 Å². The zero-order valence-corrected chi connectivity index (χ0v) is 31.7. The van der Waals surface area contributed by atoms with E-state index >= 15 is 0 Å². The molecule has 2 heterocycles. The minimum atomic E-state index is 0.177. The monoisotopic (exact) mass is 738 g/mol. The molecule has 0 amide bonds. The smallest absolute Gasteiger partial charge is 0.0499 e. The van der Waals surface area contributed by atoms with Crippen LogP contribution in [0.5, 0.6) is 0 Å². The number of rotatable bonds is 10. The van der Waals surface area contributed by atoms with Crippen LogP contribution in [0, 0.1) is 0 Å². The number of aliphatic hydroxyl groups is 2. The highest BCUT2D eigenvalue weighted by Crippen LogP contribution is 2.55. The number of hydrogen-bond acceptors (Lipinski definition) is 4. The summed E-state index contributed by atoms with van der Waals surface area (Å²) < 4.78 is 0. The highest BCUT2D eigenvalue weighted by Gasteiger charge is 2.30. The van der Waals surface area contributed by atoms with Crippen molar-refractivity contribution in [1.82, 2.24) is 0 Å². The first kappa shape index (κ1) is 34.9. The largest absolute Gasteiger partial charge is 0.396 e. The molecule has 7 aromatic carbocycles. The molecule has 0 aliphatic carbocycles. The van der Waals surface area contributed by atoms with Gasteiger partial charge in [-0.25, -0.2) is 0 Å². The van der Waals surface area contributed by atoms with Crippen LogP contribution in [0.4, 0.5) is 0 Å². The third-order valence-electron chi connectivity index (χ3n) is 10.9. The van der Waals surface area contributed by atoms with Gasteiger partial charge in [-0.2, -0.15) is 0 Å². The molecule has 0 bridgehead atoms. The van der Waals surface area contributed by atoms with Crippen molar-refractivity contribution >= 4 is 50.0 Å². The average molecular weight is 739 g/mol. The molecule has 0 saturated carbocycles. The SMILES string of the molecule is OCCc1ccc(-c2ccc(C3=CCC(c4c5ccccc5c(C5C=CC(c6ccc(-c7ccc(CCO)cc7)cc6)S5)c5ccccc45)S3)cc2)cc1. The van der Waals surface area contributed by atoms with Gasteiger partial charge in [-0.1, -0.05) is 164 Å². The Bertz CT molecular complexity index is 2420. The molecule has 0 aromatic heterocycles. The second kappa shape index (κ2) is 15.5. The van der Waals surface area contributed by atoms with Gasteiger partial charge in [0.15, 0.2) is 0 Å². The van der Waals surface area contributed by atoms with E-state index in [1.54, 1.807) is 0 Å². The molecular formula is C50H42O2S2. The van der Waals surface area contributed by atoms with Crippen molar-refractivity contribution in [2.45, 2.75) is 35.0 Å². The van der Waals surface area contributed by atoms with Crippen LogP contribution in [-0.4, -0.2) is 23.4 Å². The van der Waals surface area contributed by atoms with Crippen molar-refractivity contribution in [3.63, 3.8) is 0 Å². The summed E-state index contributed by atoms with van der Waals surface area (Å²) in [7, 11) is 0. The first-order valence-corrected chi connectivity index (χ1v) is 20.7. The Morgan fingerprint density at radius 1 is 0.463 bits per heavy atom. The standard InChI is InChI=1S/C50H42O2S2/c51-31-29-33-9-13-35(14-10-33)37-17-21-39(22-18-37)45-25-27-47(53-45)49-41-5-1-2-6-42(41)50(44-8-4-3-7-43(44)49)48-28-26-46(54-48)40-23-19-38(20-24-40)36-15-11-34(12-16-36)30-32-52/h1-27,45,47-48,51-52H,28-32H2. The summed E-state index contributed by atoms with van der Waals surface area (Å²) in [6.45, 7) is 0.354. The third-order valence-corrected chi connectivity index (χ3v) is 13.7. The van der Waals surface area contributed by atoms with Gasteiger partial charge in [-0.05, 0) is 96.4 Å². The quantitative estimate of drug-likeness (QED) is 0.108. The Balaban J connectivity index is 0.968. The van der Waals surface area contributed by atoms with E-state index in [4.69, 9.17) is 0 Å². The summed E-state index contributed by atoms with van der Waals surface area (Å²) in [6.07, 6.45) is 9.64. The molecule has 2 N–H and O–H groups in total. The highest BCUT2D eigenvalue weighted by molar-refractivity contribution is 8.08. The molecular weight excluding hydrogens is 697 g/mol. The zero-order chi connectivity index (χ0) is 36.4. The van der Waals surface area contributed by atoms with Crippen molar-refractivity contribution in [2.24, 2.45) is 0 Å². The maximum absolute atomic E-state index is 9.27. The molecule has 3 unspecified atom stereocenters. The van der Waals surface area contributed by atoms with Crippen LogP contribution in [0.1, 0.15) is 55.6 Å². The molecule has 0 saturated heterocycles. The molecule has 4 heteroatoms. The molecule has 54 heavy (non-hydrogen) atoms. The lowest BCUT2D eigenvalue weighted by atomic mass is 9.88. The summed E-state index contributed by atoms with van der Waals surface area (Å²) in [4.78, 5) is 1.35. The second-order valence-corrected chi connectivity index (χ2v) is 16.8. The van der Waals surface area contributed by atoms with Gasteiger partial charge in [0.1, 0.15) is 0 Å². The summed E-state index contributed by atoms with van der Waals surface area (Å²) in [5.74, 6) is 0. The number of benzene rings is 7. The Morgan fingerprint density at radius 2 is 0.889 bits per heavy atom. The fraction of sp³-hybridized carbons (Fsp3) is 0.160. The Morgan fingerprint density at radius 3 is 1.39 bits per heavy atom. The molecule has 2 nitrogen and oxygen atoms in total. The molecule has 9 rings (SSSR count). The lowest BCUT2D eigenvalue weighted by molar-refractivity contribution is 0.299. The molecule has 0 radical (unpaired) electrons. The predicted molar refractivity (Wildman–Crippen MR) is 232 cm³/mol. The van der Waals surface area contributed by atoms with Crippen LogP contribution in [0.15, 0.2) is 164 Å². The van der Waals surface area contributed by atoms with Gasteiger partial charge in [0, 0.05) is 33.9 Å². The van der Waals surface area contributed by atoms with E-state index in [1.807, 2.05) is 23.5 Å². The van der Waals surface area contributed by atoms with Crippen LogP contribution < -0.4 is 0 Å². The molecule has 266 valence electrons. The predicted octanol–water partition coefficient (Wildman–Crippen LogP) is 12.7.